The van der Waals surface area contributed by atoms with Crippen molar-refractivity contribution in [1.82, 2.24) is 19.8 Å². The Kier molecular flexibility index (Phi) is 5.21. The molecule has 2 aromatic heterocycles. The maximum absolute atomic E-state index is 13.7. The second kappa shape index (κ2) is 8.17. The lowest BCUT2D eigenvalue weighted by molar-refractivity contribution is -0.123. The molecule has 1 unspecified atom stereocenters. The second-order valence-corrected chi connectivity index (χ2v) is 8.57. The SMILES string of the molecule is COc1ccc(N(C(=O)C2CCN(c3ccc4nncn4n3)CC2)C(C)C2CC2)cc1. The Morgan fingerprint density at radius 1 is 1.10 bits per heavy atom. The molecule has 3 heterocycles. The zero-order valence-corrected chi connectivity index (χ0v) is 18.0. The normalized spacial score (nSPS) is 18.2. The number of nitrogens with zero attached hydrogens (tertiary/aromatic N) is 6. The fourth-order valence-electron chi connectivity index (χ4n) is 4.53. The molecule has 3 aromatic rings. The first-order valence-electron chi connectivity index (χ1n) is 11.0. The molecule has 8 nitrogen and oxygen atoms in total. The smallest absolute Gasteiger partial charge is 0.230 e. The third-order valence-corrected chi connectivity index (χ3v) is 6.62. The number of rotatable bonds is 6. The number of benzene rings is 1. The topological polar surface area (TPSA) is 75.9 Å². The van der Waals surface area contributed by atoms with Crippen molar-refractivity contribution in [3.63, 3.8) is 0 Å². The van der Waals surface area contributed by atoms with Crippen LogP contribution in [0.25, 0.3) is 5.65 Å². The average Bonchev–Trinajstić information content (AvgIpc) is 3.56. The van der Waals surface area contributed by atoms with E-state index in [0.717, 1.165) is 48.8 Å². The van der Waals surface area contributed by atoms with Crippen LogP contribution < -0.4 is 14.5 Å². The highest BCUT2D eigenvalue weighted by Crippen LogP contribution is 2.38. The molecule has 1 amide bonds. The van der Waals surface area contributed by atoms with E-state index in [4.69, 9.17) is 4.74 Å². The molecule has 1 saturated heterocycles. The minimum absolute atomic E-state index is 0.0261. The van der Waals surface area contributed by atoms with Gasteiger partial charge < -0.3 is 14.5 Å². The molecule has 1 atom stereocenters. The molecule has 31 heavy (non-hydrogen) atoms. The highest BCUT2D eigenvalue weighted by atomic mass is 16.5. The van der Waals surface area contributed by atoms with Gasteiger partial charge in [-0.2, -0.15) is 4.52 Å². The third-order valence-electron chi connectivity index (χ3n) is 6.62. The lowest BCUT2D eigenvalue weighted by Crippen LogP contribution is -2.47. The Bertz CT molecular complexity index is 1050. The summed E-state index contributed by atoms with van der Waals surface area (Å²) >= 11 is 0. The molecule has 2 fully saturated rings. The fourth-order valence-corrected chi connectivity index (χ4v) is 4.53. The number of anilines is 2. The largest absolute Gasteiger partial charge is 0.497 e. The maximum atomic E-state index is 13.7. The Morgan fingerprint density at radius 2 is 1.84 bits per heavy atom. The van der Waals surface area contributed by atoms with E-state index in [1.54, 1.807) is 18.0 Å². The summed E-state index contributed by atoms with van der Waals surface area (Å²) in [6.45, 7) is 3.81. The van der Waals surface area contributed by atoms with Gasteiger partial charge >= 0.3 is 0 Å². The van der Waals surface area contributed by atoms with Crippen LogP contribution in [0.5, 0.6) is 5.75 Å². The average molecular weight is 421 g/mol. The van der Waals surface area contributed by atoms with Gasteiger partial charge in [-0.3, -0.25) is 4.79 Å². The Hall–Kier alpha value is -3.16. The lowest BCUT2D eigenvalue weighted by Gasteiger charge is -2.37. The monoisotopic (exact) mass is 420 g/mol. The zero-order chi connectivity index (χ0) is 21.4. The van der Waals surface area contributed by atoms with Gasteiger partial charge in [-0.05, 0) is 74.9 Å². The number of hydrogen-bond donors (Lipinski definition) is 0. The van der Waals surface area contributed by atoms with Crippen molar-refractivity contribution < 1.29 is 9.53 Å². The second-order valence-electron chi connectivity index (χ2n) is 8.57. The number of carbonyl (C=O) groups excluding carboxylic acids is 1. The van der Waals surface area contributed by atoms with Gasteiger partial charge in [-0.25, -0.2) is 0 Å². The van der Waals surface area contributed by atoms with Crippen LogP contribution in [0, 0.1) is 11.8 Å². The summed E-state index contributed by atoms with van der Waals surface area (Å²) in [5.41, 5.74) is 1.70. The van der Waals surface area contributed by atoms with Gasteiger partial charge in [0.25, 0.3) is 0 Å². The van der Waals surface area contributed by atoms with Crippen molar-refractivity contribution in [1.29, 1.82) is 0 Å². The number of ether oxygens (including phenoxy) is 1. The molecule has 1 aliphatic heterocycles. The summed E-state index contributed by atoms with van der Waals surface area (Å²) in [6.07, 6.45) is 5.67. The van der Waals surface area contributed by atoms with Crippen LogP contribution in [0.2, 0.25) is 0 Å². The first-order valence-corrected chi connectivity index (χ1v) is 11.0. The van der Waals surface area contributed by atoms with Gasteiger partial charge in [0, 0.05) is 30.7 Å². The maximum Gasteiger partial charge on any atom is 0.230 e. The number of methoxy groups -OCH3 is 1. The van der Waals surface area contributed by atoms with Crippen LogP contribution in [-0.2, 0) is 4.79 Å². The minimum atomic E-state index is 0.0261. The van der Waals surface area contributed by atoms with E-state index in [1.807, 2.05) is 41.3 Å². The standard InChI is InChI=1S/C23H28N6O2/c1-16(17-3-4-17)29(19-5-7-20(31-2)8-6-19)23(30)18-11-13-27(14-12-18)22-10-9-21-25-24-15-28(21)26-22/h5-10,15-18H,3-4,11-14H2,1-2H3. The van der Waals surface area contributed by atoms with Gasteiger partial charge in [0.1, 0.15) is 17.9 Å². The summed E-state index contributed by atoms with van der Waals surface area (Å²) in [5.74, 6) is 2.58. The number of piperidine rings is 1. The highest BCUT2D eigenvalue weighted by molar-refractivity contribution is 5.96. The number of amides is 1. The molecule has 0 N–H and O–H groups in total. The molecule has 162 valence electrons. The summed E-state index contributed by atoms with van der Waals surface area (Å²) < 4.78 is 6.99. The summed E-state index contributed by atoms with van der Waals surface area (Å²) in [5, 5.41) is 12.5. The predicted molar refractivity (Wildman–Crippen MR) is 118 cm³/mol. The van der Waals surface area contributed by atoms with Gasteiger partial charge in [0.15, 0.2) is 5.65 Å². The van der Waals surface area contributed by atoms with Crippen LogP contribution in [-0.4, -0.2) is 52.0 Å². The fraction of sp³-hybridized carbons (Fsp3) is 0.478. The first kappa shape index (κ1) is 19.8. The van der Waals surface area contributed by atoms with E-state index in [0.29, 0.717) is 5.92 Å². The van der Waals surface area contributed by atoms with Crippen molar-refractivity contribution in [3.05, 3.63) is 42.7 Å². The molecule has 8 heteroatoms. The third kappa shape index (κ3) is 3.94. The van der Waals surface area contributed by atoms with Crippen LogP contribution in [0.15, 0.2) is 42.7 Å². The number of fused-ring (bicyclic) bond motifs is 1. The van der Waals surface area contributed by atoms with E-state index in [2.05, 4.69) is 27.1 Å². The van der Waals surface area contributed by atoms with Crippen molar-refractivity contribution in [3.8, 4) is 5.75 Å². The summed E-state index contributed by atoms with van der Waals surface area (Å²) in [4.78, 5) is 17.9. The van der Waals surface area contributed by atoms with Gasteiger partial charge in [-0.15, -0.1) is 15.3 Å². The first-order chi connectivity index (χ1) is 15.1. The number of aromatic nitrogens is 4. The van der Waals surface area contributed by atoms with E-state index in [1.165, 1.54) is 12.8 Å². The number of carbonyl (C=O) groups is 1. The molecular formula is C23H28N6O2. The van der Waals surface area contributed by atoms with Crippen molar-refractivity contribution in [2.75, 3.05) is 30.0 Å². The lowest BCUT2D eigenvalue weighted by atomic mass is 9.94. The molecule has 5 rings (SSSR count). The minimum Gasteiger partial charge on any atom is -0.497 e. The van der Waals surface area contributed by atoms with E-state index in [-0.39, 0.29) is 17.9 Å². The summed E-state index contributed by atoms with van der Waals surface area (Å²) in [7, 11) is 1.66. The van der Waals surface area contributed by atoms with Crippen LogP contribution in [0.4, 0.5) is 11.5 Å². The Balaban J connectivity index is 1.30. The molecule has 2 aliphatic rings. The van der Waals surface area contributed by atoms with E-state index >= 15 is 0 Å². The number of hydrogen-bond acceptors (Lipinski definition) is 6. The van der Waals surface area contributed by atoms with Crippen molar-refractivity contribution >= 4 is 23.1 Å². The Labute approximate surface area is 181 Å². The van der Waals surface area contributed by atoms with Gasteiger partial charge in [-0.1, -0.05) is 0 Å². The molecule has 1 aliphatic carbocycles. The van der Waals surface area contributed by atoms with Crippen LogP contribution >= 0.6 is 0 Å². The summed E-state index contributed by atoms with van der Waals surface area (Å²) in [6, 6.07) is 12.0. The van der Waals surface area contributed by atoms with Gasteiger partial charge in [0.05, 0.1) is 7.11 Å². The molecule has 1 aromatic carbocycles. The van der Waals surface area contributed by atoms with Gasteiger partial charge in [0.2, 0.25) is 5.91 Å². The molecule has 0 bridgehead atoms. The molecule has 0 radical (unpaired) electrons. The van der Waals surface area contributed by atoms with E-state index in [9.17, 15) is 4.79 Å². The van der Waals surface area contributed by atoms with Crippen molar-refractivity contribution in [2.45, 2.75) is 38.6 Å². The molecular weight excluding hydrogens is 392 g/mol. The zero-order valence-electron chi connectivity index (χ0n) is 18.0. The van der Waals surface area contributed by atoms with Crippen molar-refractivity contribution in [2.24, 2.45) is 11.8 Å². The predicted octanol–water partition coefficient (Wildman–Crippen LogP) is 3.18. The van der Waals surface area contributed by atoms with Crippen LogP contribution in [0.3, 0.4) is 0 Å². The quantitative estimate of drug-likeness (QED) is 0.610. The molecule has 1 saturated carbocycles. The molecule has 0 spiro atoms. The van der Waals surface area contributed by atoms with E-state index < -0.39 is 0 Å². The highest BCUT2D eigenvalue weighted by Gasteiger charge is 2.38. The Morgan fingerprint density at radius 3 is 2.52 bits per heavy atom. The van der Waals surface area contributed by atoms with Crippen LogP contribution in [0.1, 0.15) is 32.6 Å².